The molecule has 0 aliphatic heterocycles. The molecule has 0 unspecified atom stereocenters. The lowest BCUT2D eigenvalue weighted by atomic mass is 9.99. The summed E-state index contributed by atoms with van der Waals surface area (Å²) in [5.41, 5.74) is 0.380. The van der Waals surface area contributed by atoms with Crippen LogP contribution in [-0.2, 0) is 16.4 Å². The second-order valence-corrected chi connectivity index (χ2v) is 8.95. The number of aromatic hydroxyl groups is 1. The van der Waals surface area contributed by atoms with Crippen LogP contribution in [0.3, 0.4) is 0 Å². The summed E-state index contributed by atoms with van der Waals surface area (Å²) in [7, 11) is -0.917. The maximum absolute atomic E-state index is 13.0. The summed E-state index contributed by atoms with van der Waals surface area (Å²) in [5, 5.41) is 9.68. The molecule has 10 heteroatoms. The van der Waals surface area contributed by atoms with Crippen molar-refractivity contribution < 1.29 is 18.3 Å². The predicted octanol–water partition coefficient (Wildman–Crippen LogP) is 4.59. The lowest BCUT2D eigenvalue weighted by Crippen LogP contribution is -2.11. The second kappa shape index (κ2) is 9.17. The van der Waals surface area contributed by atoms with Crippen LogP contribution in [0.25, 0.3) is 0 Å². The largest absolute Gasteiger partial charge is 0.506 e. The van der Waals surface area contributed by atoms with Gasteiger partial charge in [-0.1, -0.05) is 40.9 Å². The molecule has 2 rings (SSSR count). The van der Waals surface area contributed by atoms with Crippen LogP contribution in [0, 0.1) is 0 Å². The van der Waals surface area contributed by atoms with Gasteiger partial charge in [-0.05, 0) is 30.7 Å². The number of carbonyl (C=O) groups is 1. The summed E-state index contributed by atoms with van der Waals surface area (Å²) >= 11 is 18.2. The zero-order chi connectivity index (χ0) is 21.9. The van der Waals surface area contributed by atoms with E-state index >= 15 is 0 Å². The van der Waals surface area contributed by atoms with E-state index in [1.54, 1.807) is 14.1 Å². The highest BCUT2D eigenvalue weighted by Gasteiger charge is 2.23. The molecule has 0 amide bonds. The van der Waals surface area contributed by atoms with Crippen LogP contribution in [0.5, 0.6) is 5.75 Å². The number of nitrogens with zero attached hydrogens (tertiary/aromatic N) is 2. The van der Waals surface area contributed by atoms with Crippen molar-refractivity contribution in [2.24, 2.45) is 4.40 Å². The first-order chi connectivity index (χ1) is 13.5. The summed E-state index contributed by atoms with van der Waals surface area (Å²) in [6.07, 6.45) is 2.89. The van der Waals surface area contributed by atoms with Gasteiger partial charge in [-0.2, -0.15) is 8.42 Å². The molecule has 0 atom stereocenters. The van der Waals surface area contributed by atoms with Gasteiger partial charge in [0.2, 0.25) is 0 Å². The third kappa shape index (κ3) is 5.11. The third-order valence-corrected chi connectivity index (χ3v) is 6.32. The van der Waals surface area contributed by atoms with E-state index in [-0.39, 0.29) is 43.3 Å². The average Bonchev–Trinajstić information content (AvgIpc) is 2.66. The van der Waals surface area contributed by atoms with E-state index in [4.69, 9.17) is 34.8 Å². The molecule has 1 N–H and O–H groups in total. The molecular formula is C19H17Cl3N2O4S. The van der Waals surface area contributed by atoms with Gasteiger partial charge in [-0.25, -0.2) is 0 Å². The SMILES string of the molecule is C=CCc1cc(C(=O)c2ccc(Cl)c(S(=O)(=O)N=CN(C)C)c2)c(Cl)c(Cl)c1O. The number of rotatable bonds is 7. The first-order valence-electron chi connectivity index (χ1n) is 8.11. The number of allylic oxidation sites excluding steroid dienone is 1. The van der Waals surface area contributed by atoms with Gasteiger partial charge in [0.1, 0.15) is 22.0 Å². The van der Waals surface area contributed by atoms with E-state index < -0.39 is 15.8 Å². The molecule has 0 spiro atoms. The van der Waals surface area contributed by atoms with Crippen LogP contribution in [0.4, 0.5) is 0 Å². The molecule has 0 radical (unpaired) electrons. The molecule has 0 heterocycles. The van der Waals surface area contributed by atoms with Gasteiger partial charge in [-0.3, -0.25) is 4.79 Å². The van der Waals surface area contributed by atoms with Crippen molar-refractivity contribution in [3.8, 4) is 5.75 Å². The van der Waals surface area contributed by atoms with Gasteiger partial charge < -0.3 is 10.0 Å². The van der Waals surface area contributed by atoms with Gasteiger partial charge >= 0.3 is 0 Å². The number of benzene rings is 2. The van der Waals surface area contributed by atoms with Crippen molar-refractivity contribution in [3.63, 3.8) is 0 Å². The van der Waals surface area contributed by atoms with Gasteiger partial charge in [0.05, 0.1) is 10.0 Å². The summed E-state index contributed by atoms with van der Waals surface area (Å²) in [4.78, 5) is 14.1. The summed E-state index contributed by atoms with van der Waals surface area (Å²) in [5.74, 6) is -0.836. The third-order valence-electron chi connectivity index (χ3n) is 3.76. The molecule has 0 fully saturated rings. The molecule has 29 heavy (non-hydrogen) atoms. The standard InChI is InChI=1S/C19H17Cl3N2O4S/c1-4-5-11-8-13(16(21)17(22)19(11)26)18(25)12-6-7-14(20)15(9-12)29(27,28)23-10-24(2)3/h4,6-10,26H,1,5H2,2-3H3. The fourth-order valence-electron chi connectivity index (χ4n) is 2.36. The lowest BCUT2D eigenvalue weighted by molar-refractivity contribution is 0.103. The van der Waals surface area contributed by atoms with E-state index in [1.807, 2.05) is 0 Å². The Kier molecular flexibility index (Phi) is 7.35. The molecule has 6 nitrogen and oxygen atoms in total. The van der Waals surface area contributed by atoms with E-state index in [9.17, 15) is 18.3 Å². The molecule has 2 aromatic rings. The van der Waals surface area contributed by atoms with Crippen LogP contribution in [-0.4, -0.2) is 44.6 Å². The Hall–Kier alpha value is -2.06. The Morgan fingerprint density at radius 3 is 2.45 bits per heavy atom. The fourth-order valence-corrected chi connectivity index (χ4v) is 4.24. The molecule has 154 valence electrons. The Morgan fingerprint density at radius 1 is 1.21 bits per heavy atom. The van der Waals surface area contributed by atoms with Crippen LogP contribution < -0.4 is 0 Å². The first kappa shape index (κ1) is 23.2. The minimum Gasteiger partial charge on any atom is -0.506 e. The normalized spacial score (nSPS) is 11.6. The number of hydrogen-bond donors (Lipinski definition) is 1. The summed E-state index contributed by atoms with van der Waals surface area (Å²) in [6, 6.07) is 5.16. The van der Waals surface area contributed by atoms with Gasteiger partial charge in [0.25, 0.3) is 10.0 Å². The fraction of sp³-hybridized carbons (Fsp3) is 0.158. The number of phenolic OH excluding ortho intramolecular Hbond substituents is 1. The smallest absolute Gasteiger partial charge is 0.285 e. The monoisotopic (exact) mass is 474 g/mol. The van der Waals surface area contributed by atoms with Crippen LogP contribution in [0.1, 0.15) is 21.5 Å². The Morgan fingerprint density at radius 2 is 1.86 bits per heavy atom. The molecule has 0 aromatic heterocycles. The maximum Gasteiger partial charge on any atom is 0.285 e. The van der Waals surface area contributed by atoms with Crippen LogP contribution in [0.2, 0.25) is 15.1 Å². The summed E-state index contributed by atoms with van der Waals surface area (Å²) < 4.78 is 28.5. The van der Waals surface area contributed by atoms with Gasteiger partial charge in [-0.15, -0.1) is 11.0 Å². The maximum atomic E-state index is 13.0. The van der Waals surface area contributed by atoms with Crippen molar-refractivity contribution in [1.29, 1.82) is 0 Å². The van der Waals surface area contributed by atoms with Crippen molar-refractivity contribution in [2.45, 2.75) is 11.3 Å². The number of sulfonamides is 1. The molecule has 0 saturated heterocycles. The van der Waals surface area contributed by atoms with E-state index in [0.717, 1.165) is 12.4 Å². The highest BCUT2D eigenvalue weighted by atomic mass is 35.5. The zero-order valence-electron chi connectivity index (χ0n) is 15.5. The first-order valence-corrected chi connectivity index (χ1v) is 10.7. The van der Waals surface area contributed by atoms with Crippen molar-refractivity contribution in [3.05, 3.63) is 68.7 Å². The van der Waals surface area contributed by atoms with Gasteiger partial charge in [0, 0.05) is 30.8 Å². The minimum atomic E-state index is -4.13. The number of hydrogen-bond acceptors (Lipinski definition) is 4. The minimum absolute atomic E-state index is 0.00813. The Labute approximate surface area is 184 Å². The van der Waals surface area contributed by atoms with Crippen LogP contribution in [0.15, 0.2) is 46.2 Å². The van der Waals surface area contributed by atoms with Gasteiger partial charge in [0.15, 0.2) is 5.78 Å². The molecule has 0 aliphatic carbocycles. The highest BCUT2D eigenvalue weighted by molar-refractivity contribution is 7.90. The van der Waals surface area contributed by atoms with Crippen molar-refractivity contribution in [1.82, 2.24) is 4.90 Å². The average molecular weight is 476 g/mol. The second-order valence-electron chi connectivity index (χ2n) is 6.19. The van der Waals surface area contributed by atoms with E-state index in [0.29, 0.717) is 5.56 Å². The molecule has 0 aliphatic rings. The van der Waals surface area contributed by atoms with E-state index in [2.05, 4.69) is 11.0 Å². The zero-order valence-corrected chi connectivity index (χ0v) is 18.6. The Balaban J connectivity index is 2.60. The number of ketones is 1. The number of carbonyl (C=O) groups excluding carboxylic acids is 1. The van der Waals surface area contributed by atoms with Crippen molar-refractivity contribution in [2.75, 3.05) is 14.1 Å². The summed E-state index contributed by atoms with van der Waals surface area (Å²) in [6.45, 7) is 3.59. The highest BCUT2D eigenvalue weighted by Crippen LogP contribution is 2.38. The predicted molar refractivity (Wildman–Crippen MR) is 116 cm³/mol. The van der Waals surface area contributed by atoms with Crippen molar-refractivity contribution >= 4 is 56.9 Å². The molecule has 0 saturated carbocycles. The molecule has 2 aromatic carbocycles. The molecular weight excluding hydrogens is 459 g/mol. The lowest BCUT2D eigenvalue weighted by Gasteiger charge is -2.12. The van der Waals surface area contributed by atoms with Crippen LogP contribution >= 0.6 is 34.8 Å². The molecule has 0 bridgehead atoms. The Bertz CT molecular complexity index is 1110. The number of phenols is 1. The topological polar surface area (TPSA) is 87.0 Å². The quantitative estimate of drug-likeness (QED) is 0.274. The number of halogens is 3. The van der Waals surface area contributed by atoms with E-state index in [1.165, 1.54) is 29.2 Å².